The van der Waals surface area contributed by atoms with Crippen LogP contribution in [0.1, 0.15) is 24.8 Å². The Kier molecular flexibility index (Phi) is 6.39. The lowest BCUT2D eigenvalue weighted by Gasteiger charge is -2.10. The molecule has 0 aliphatic heterocycles. The van der Waals surface area contributed by atoms with Crippen molar-refractivity contribution in [1.82, 2.24) is 10.6 Å². The quantitative estimate of drug-likeness (QED) is 0.659. The second-order valence-corrected chi connectivity index (χ2v) is 6.60. The third-order valence-electron chi connectivity index (χ3n) is 3.56. The van der Waals surface area contributed by atoms with E-state index in [1.165, 1.54) is 12.8 Å². The molecule has 0 spiro atoms. The predicted molar refractivity (Wildman–Crippen MR) is 90.7 cm³/mol. The van der Waals surface area contributed by atoms with Crippen molar-refractivity contribution in [1.29, 1.82) is 0 Å². The van der Waals surface area contributed by atoms with E-state index in [0.717, 1.165) is 28.2 Å². The number of halogens is 1. The number of rotatable bonds is 8. The average molecular weight is 368 g/mol. The highest BCUT2D eigenvalue weighted by molar-refractivity contribution is 9.10. The van der Waals surface area contributed by atoms with E-state index in [9.17, 15) is 9.59 Å². The molecule has 2 rings (SSSR count). The fourth-order valence-electron chi connectivity index (χ4n) is 2.03. The van der Waals surface area contributed by atoms with Crippen LogP contribution in [0.25, 0.3) is 0 Å². The summed E-state index contributed by atoms with van der Waals surface area (Å²) in [7, 11) is 0. The van der Waals surface area contributed by atoms with Crippen LogP contribution in [0.15, 0.2) is 22.7 Å². The SMILES string of the molecule is Cc1ccc(Br)cc1NC(=O)CCNC(=O)CNCC1CC1. The molecule has 2 amide bonds. The second kappa shape index (κ2) is 8.29. The Bertz CT molecular complexity index is 544. The lowest BCUT2D eigenvalue weighted by molar-refractivity contribution is -0.120. The molecule has 22 heavy (non-hydrogen) atoms. The van der Waals surface area contributed by atoms with Crippen molar-refractivity contribution in [3.63, 3.8) is 0 Å². The van der Waals surface area contributed by atoms with Crippen LogP contribution in [-0.2, 0) is 9.59 Å². The van der Waals surface area contributed by atoms with Crippen molar-refractivity contribution in [3.8, 4) is 0 Å². The molecule has 0 saturated heterocycles. The van der Waals surface area contributed by atoms with E-state index in [0.29, 0.717) is 13.1 Å². The van der Waals surface area contributed by atoms with E-state index in [-0.39, 0.29) is 18.2 Å². The number of nitrogens with one attached hydrogen (secondary N) is 3. The highest BCUT2D eigenvalue weighted by Crippen LogP contribution is 2.27. The van der Waals surface area contributed by atoms with Crippen LogP contribution < -0.4 is 16.0 Å². The lowest BCUT2D eigenvalue weighted by Crippen LogP contribution is -2.36. The van der Waals surface area contributed by atoms with Gasteiger partial charge in [0.05, 0.1) is 6.54 Å². The van der Waals surface area contributed by atoms with Crippen LogP contribution in [0.4, 0.5) is 5.69 Å². The Labute approximate surface area is 139 Å². The standard InChI is InChI=1S/C16H22BrN3O2/c1-11-2-5-13(17)8-14(11)20-15(21)6-7-19-16(22)10-18-9-12-3-4-12/h2,5,8,12,18H,3-4,6-7,9-10H2,1H3,(H,19,22)(H,20,21). The van der Waals surface area contributed by atoms with Gasteiger partial charge in [-0.3, -0.25) is 9.59 Å². The van der Waals surface area contributed by atoms with Crippen LogP contribution in [-0.4, -0.2) is 31.4 Å². The molecule has 0 atom stereocenters. The Morgan fingerprint density at radius 1 is 1.27 bits per heavy atom. The van der Waals surface area contributed by atoms with E-state index >= 15 is 0 Å². The summed E-state index contributed by atoms with van der Waals surface area (Å²) in [6.45, 7) is 3.52. The maximum Gasteiger partial charge on any atom is 0.233 e. The fraction of sp³-hybridized carbons (Fsp3) is 0.500. The Hall–Kier alpha value is -1.40. The first-order valence-corrected chi connectivity index (χ1v) is 8.37. The molecule has 0 aromatic heterocycles. The number of hydrogen-bond acceptors (Lipinski definition) is 3. The Morgan fingerprint density at radius 3 is 2.77 bits per heavy atom. The number of anilines is 1. The summed E-state index contributed by atoms with van der Waals surface area (Å²) in [6.07, 6.45) is 2.80. The van der Waals surface area contributed by atoms with Crippen LogP contribution >= 0.6 is 15.9 Å². The third kappa shape index (κ3) is 6.15. The minimum atomic E-state index is -0.104. The summed E-state index contributed by atoms with van der Waals surface area (Å²) < 4.78 is 0.920. The minimum Gasteiger partial charge on any atom is -0.354 e. The zero-order valence-electron chi connectivity index (χ0n) is 12.7. The van der Waals surface area contributed by atoms with Crippen molar-refractivity contribution in [3.05, 3.63) is 28.2 Å². The van der Waals surface area contributed by atoms with Gasteiger partial charge in [-0.1, -0.05) is 22.0 Å². The van der Waals surface area contributed by atoms with Gasteiger partial charge in [0.25, 0.3) is 0 Å². The number of amides is 2. The van der Waals surface area contributed by atoms with Crippen molar-refractivity contribution < 1.29 is 9.59 Å². The molecule has 120 valence electrons. The van der Waals surface area contributed by atoms with Gasteiger partial charge in [-0.05, 0) is 49.9 Å². The first kappa shape index (κ1) is 17.0. The highest BCUT2D eigenvalue weighted by atomic mass is 79.9. The van der Waals surface area contributed by atoms with E-state index in [4.69, 9.17) is 0 Å². The van der Waals surface area contributed by atoms with Gasteiger partial charge in [0.2, 0.25) is 11.8 Å². The van der Waals surface area contributed by atoms with Crippen LogP contribution in [0.5, 0.6) is 0 Å². The van der Waals surface area contributed by atoms with Gasteiger partial charge in [0, 0.05) is 23.1 Å². The minimum absolute atomic E-state index is 0.0629. The smallest absolute Gasteiger partial charge is 0.233 e. The first-order chi connectivity index (χ1) is 10.5. The zero-order chi connectivity index (χ0) is 15.9. The number of benzene rings is 1. The van der Waals surface area contributed by atoms with Crippen LogP contribution in [0.3, 0.4) is 0 Å². The van der Waals surface area contributed by atoms with Gasteiger partial charge >= 0.3 is 0 Å². The molecule has 0 heterocycles. The summed E-state index contributed by atoms with van der Waals surface area (Å²) >= 11 is 3.38. The molecule has 0 bridgehead atoms. The summed E-state index contributed by atoms with van der Waals surface area (Å²) in [5, 5.41) is 8.72. The number of aryl methyl sites for hydroxylation is 1. The van der Waals surface area contributed by atoms with E-state index in [1.807, 2.05) is 25.1 Å². The Morgan fingerprint density at radius 2 is 2.05 bits per heavy atom. The number of hydrogen-bond donors (Lipinski definition) is 3. The molecule has 1 aliphatic rings. The van der Waals surface area contributed by atoms with Crippen molar-refractivity contribution in [2.24, 2.45) is 5.92 Å². The maximum atomic E-state index is 11.9. The average Bonchev–Trinajstić information content (AvgIpc) is 3.27. The van der Waals surface area contributed by atoms with Gasteiger partial charge in [-0.15, -0.1) is 0 Å². The topological polar surface area (TPSA) is 70.2 Å². The van der Waals surface area contributed by atoms with Crippen molar-refractivity contribution in [2.75, 3.05) is 25.0 Å². The number of carbonyl (C=O) groups excluding carboxylic acids is 2. The third-order valence-corrected chi connectivity index (χ3v) is 4.06. The van der Waals surface area contributed by atoms with Crippen LogP contribution in [0, 0.1) is 12.8 Å². The molecule has 0 unspecified atom stereocenters. The highest BCUT2D eigenvalue weighted by Gasteiger charge is 2.20. The zero-order valence-corrected chi connectivity index (χ0v) is 14.3. The first-order valence-electron chi connectivity index (χ1n) is 7.58. The summed E-state index contributed by atoms with van der Waals surface area (Å²) in [6, 6.07) is 5.74. The molecule has 1 aliphatic carbocycles. The molecule has 0 radical (unpaired) electrons. The molecule has 1 aromatic rings. The molecular weight excluding hydrogens is 346 g/mol. The molecule has 1 aromatic carbocycles. The van der Waals surface area contributed by atoms with Gasteiger partial charge < -0.3 is 16.0 Å². The van der Waals surface area contributed by atoms with Crippen molar-refractivity contribution >= 4 is 33.4 Å². The van der Waals surface area contributed by atoms with Gasteiger partial charge in [-0.2, -0.15) is 0 Å². The molecule has 5 nitrogen and oxygen atoms in total. The summed E-state index contributed by atoms with van der Waals surface area (Å²) in [4.78, 5) is 23.4. The van der Waals surface area contributed by atoms with Crippen LogP contribution in [0.2, 0.25) is 0 Å². The molecule has 3 N–H and O–H groups in total. The molecule has 1 fully saturated rings. The number of carbonyl (C=O) groups is 2. The van der Waals surface area contributed by atoms with E-state index in [1.54, 1.807) is 0 Å². The monoisotopic (exact) mass is 367 g/mol. The largest absolute Gasteiger partial charge is 0.354 e. The van der Waals surface area contributed by atoms with Gasteiger partial charge in [-0.25, -0.2) is 0 Å². The van der Waals surface area contributed by atoms with Crippen molar-refractivity contribution in [2.45, 2.75) is 26.2 Å². The van der Waals surface area contributed by atoms with E-state index in [2.05, 4.69) is 31.9 Å². The molecule has 6 heteroatoms. The second-order valence-electron chi connectivity index (χ2n) is 5.68. The fourth-order valence-corrected chi connectivity index (χ4v) is 2.39. The lowest BCUT2D eigenvalue weighted by atomic mass is 10.2. The van der Waals surface area contributed by atoms with Gasteiger partial charge in [0.15, 0.2) is 0 Å². The normalized spacial score (nSPS) is 13.7. The Balaban J connectivity index is 1.62. The molecule has 1 saturated carbocycles. The summed E-state index contributed by atoms with van der Waals surface area (Å²) in [5.74, 6) is 0.589. The molecular formula is C16H22BrN3O2. The summed E-state index contributed by atoms with van der Waals surface area (Å²) in [5.41, 5.74) is 1.79. The van der Waals surface area contributed by atoms with E-state index < -0.39 is 0 Å². The maximum absolute atomic E-state index is 11.9. The predicted octanol–water partition coefficient (Wildman–Crippen LogP) is 2.20. The van der Waals surface area contributed by atoms with Gasteiger partial charge in [0.1, 0.15) is 0 Å².